The largest absolute Gasteiger partial charge is 0.344 e. The molecule has 3 heterocycles. The number of hydrogen-bond acceptors (Lipinski definition) is 3. The van der Waals surface area contributed by atoms with Crippen LogP contribution in [0, 0.1) is 0 Å². The van der Waals surface area contributed by atoms with E-state index in [0.29, 0.717) is 0 Å². The van der Waals surface area contributed by atoms with Crippen molar-refractivity contribution in [3.63, 3.8) is 0 Å². The lowest BCUT2D eigenvalue weighted by Gasteiger charge is -2.46. The lowest BCUT2D eigenvalue weighted by atomic mass is 9.62. The van der Waals surface area contributed by atoms with Crippen LogP contribution >= 0.6 is 0 Å². The Balaban J connectivity index is 0.959. The molecular formula is C68H53N3. The van der Waals surface area contributed by atoms with Gasteiger partial charge in [0.2, 0.25) is 0 Å². The first-order valence-electron chi connectivity index (χ1n) is 25.0. The van der Waals surface area contributed by atoms with Crippen molar-refractivity contribution in [2.75, 3.05) is 35.8 Å². The van der Waals surface area contributed by atoms with E-state index >= 15 is 0 Å². The topological polar surface area (TPSA) is 9.72 Å². The van der Waals surface area contributed by atoms with Gasteiger partial charge in [-0.2, -0.15) is 0 Å². The highest BCUT2D eigenvalue weighted by atomic mass is 15.1. The number of rotatable bonds is 4. The van der Waals surface area contributed by atoms with E-state index in [2.05, 4.69) is 280 Å². The minimum Gasteiger partial charge on any atom is -0.344 e. The molecule has 0 unspecified atom stereocenters. The van der Waals surface area contributed by atoms with Crippen molar-refractivity contribution in [1.82, 2.24) is 0 Å². The molecule has 0 fully saturated rings. The average molecular weight is 912 g/mol. The fraction of sp³-hybridized carbons (Fsp3) is 0.118. The van der Waals surface area contributed by atoms with Crippen molar-refractivity contribution in [3.05, 3.63) is 286 Å². The Bertz CT molecular complexity index is 3720. The Morgan fingerprint density at radius 1 is 0.254 bits per heavy atom. The van der Waals surface area contributed by atoms with Crippen LogP contribution in [0.3, 0.4) is 0 Å². The predicted octanol–water partition coefficient (Wildman–Crippen LogP) is 16.3. The van der Waals surface area contributed by atoms with Crippen LogP contribution in [0.15, 0.2) is 231 Å². The molecule has 71 heavy (non-hydrogen) atoms. The maximum atomic E-state index is 2.45. The van der Waals surface area contributed by atoms with Gasteiger partial charge in [0.05, 0.1) is 10.8 Å². The highest BCUT2D eigenvalue weighted by molar-refractivity contribution is 5.95. The monoisotopic (exact) mass is 911 g/mol. The van der Waals surface area contributed by atoms with Gasteiger partial charge in [-0.25, -0.2) is 0 Å². The van der Waals surface area contributed by atoms with Gasteiger partial charge >= 0.3 is 0 Å². The van der Waals surface area contributed by atoms with Crippen LogP contribution in [-0.4, -0.2) is 21.1 Å². The zero-order valence-corrected chi connectivity index (χ0v) is 40.8. The summed E-state index contributed by atoms with van der Waals surface area (Å²) >= 11 is 0. The van der Waals surface area contributed by atoms with Crippen molar-refractivity contribution in [2.24, 2.45) is 0 Å². The second-order valence-electron chi connectivity index (χ2n) is 20.6. The maximum Gasteiger partial charge on any atom is 0.0754 e. The Morgan fingerprint density at radius 3 is 1.01 bits per heavy atom. The third-order valence-electron chi connectivity index (χ3n) is 17.0. The quantitative estimate of drug-likeness (QED) is 0.174. The number of fused-ring (bicyclic) bond motifs is 13. The van der Waals surface area contributed by atoms with E-state index in [0.717, 1.165) is 0 Å². The minimum absolute atomic E-state index is 0.119. The molecule has 10 aromatic rings. The van der Waals surface area contributed by atoms with Gasteiger partial charge in [0, 0.05) is 60.7 Å². The maximum absolute atomic E-state index is 2.45. The molecule has 1 aliphatic carbocycles. The van der Waals surface area contributed by atoms with Crippen LogP contribution in [-0.2, 0) is 16.2 Å². The normalized spacial score (nSPS) is 15.6. The summed E-state index contributed by atoms with van der Waals surface area (Å²) in [5, 5.41) is 0. The van der Waals surface area contributed by atoms with Gasteiger partial charge in [0.15, 0.2) is 0 Å². The zero-order chi connectivity index (χ0) is 47.8. The third-order valence-corrected chi connectivity index (χ3v) is 17.0. The summed E-state index contributed by atoms with van der Waals surface area (Å²) in [6.45, 7) is 4.71. The lowest BCUT2D eigenvalue weighted by Crippen LogP contribution is -2.38. The van der Waals surface area contributed by atoms with Crippen molar-refractivity contribution in [3.8, 4) is 33.4 Å². The summed E-state index contributed by atoms with van der Waals surface area (Å²) in [5.74, 6) is 0. The van der Waals surface area contributed by atoms with E-state index in [-0.39, 0.29) is 5.41 Å². The first kappa shape index (κ1) is 41.6. The molecule has 0 saturated heterocycles. The van der Waals surface area contributed by atoms with Crippen LogP contribution in [0.25, 0.3) is 33.4 Å². The number of benzene rings is 10. The van der Waals surface area contributed by atoms with Gasteiger partial charge in [-0.1, -0.05) is 208 Å². The molecule has 3 nitrogen and oxygen atoms in total. The first-order valence-corrected chi connectivity index (χ1v) is 25.0. The van der Waals surface area contributed by atoms with E-state index < -0.39 is 10.8 Å². The third kappa shape index (κ3) is 5.49. The summed E-state index contributed by atoms with van der Waals surface area (Å²) < 4.78 is 0. The molecule has 0 amide bonds. The smallest absolute Gasteiger partial charge is 0.0754 e. The van der Waals surface area contributed by atoms with Gasteiger partial charge in [-0.05, 0) is 125 Å². The molecular weight excluding hydrogens is 859 g/mol. The Hall–Kier alpha value is -8.40. The molecule has 1 spiro atoms. The fourth-order valence-electron chi connectivity index (χ4n) is 13.6. The van der Waals surface area contributed by atoms with Gasteiger partial charge in [-0.3, -0.25) is 0 Å². The number of nitrogens with zero attached hydrogens (tertiary/aromatic N) is 3. The number of hydrogen-bond donors (Lipinski definition) is 0. The van der Waals surface area contributed by atoms with Gasteiger partial charge < -0.3 is 14.7 Å². The lowest BCUT2D eigenvalue weighted by molar-refractivity contribution is 0.629. The predicted molar refractivity (Wildman–Crippen MR) is 296 cm³/mol. The van der Waals surface area contributed by atoms with E-state index in [1.165, 1.54) is 123 Å². The molecule has 3 aliphatic heterocycles. The van der Waals surface area contributed by atoms with E-state index in [1.54, 1.807) is 0 Å². The Morgan fingerprint density at radius 2 is 0.549 bits per heavy atom. The summed E-state index contributed by atoms with van der Waals surface area (Å²) in [6.07, 6.45) is 0. The molecule has 14 rings (SSSR count). The highest BCUT2D eigenvalue weighted by Crippen LogP contribution is 2.63. The molecule has 0 saturated carbocycles. The van der Waals surface area contributed by atoms with Crippen LogP contribution in [0.2, 0.25) is 0 Å². The molecule has 0 bridgehead atoms. The van der Waals surface area contributed by atoms with Crippen molar-refractivity contribution in [2.45, 2.75) is 30.1 Å². The van der Waals surface area contributed by atoms with E-state index in [9.17, 15) is 0 Å². The average Bonchev–Trinajstić information content (AvgIpc) is 3.74. The molecule has 0 N–H and O–H groups in total. The van der Waals surface area contributed by atoms with Crippen LogP contribution in [0.5, 0.6) is 0 Å². The molecule has 340 valence electrons. The molecule has 3 heteroatoms. The standard InChI is InChI=1S/C68H53N3/c1-66(2)54-28-16-18-30-60(54)69(3)62-40-44(32-36-55(62)66)45-33-37-57-63(41-45)71(5)64-42-46(34-38-58(64)67(57,48-20-8-6-9-21-48)49-22-10-7-11-23-49)47-35-39-59-65(43-47)70(4)61-31-19-17-29-56(61)68(59)52-26-14-12-24-50(52)51-25-13-15-27-53(51)68/h6-43H,1-5H3. The van der Waals surface area contributed by atoms with E-state index in [4.69, 9.17) is 0 Å². The first-order chi connectivity index (χ1) is 34.7. The van der Waals surface area contributed by atoms with Gasteiger partial charge in [0.1, 0.15) is 0 Å². The summed E-state index contributed by atoms with van der Waals surface area (Å²) in [4.78, 5) is 7.24. The molecule has 10 aromatic carbocycles. The molecule has 0 aromatic heterocycles. The summed E-state index contributed by atoms with van der Waals surface area (Å²) in [7, 11) is 6.72. The molecule has 0 atom stereocenters. The van der Waals surface area contributed by atoms with Gasteiger partial charge in [-0.15, -0.1) is 0 Å². The van der Waals surface area contributed by atoms with Crippen molar-refractivity contribution >= 4 is 34.1 Å². The SMILES string of the molecule is CN1c2ccccc2C(C)(C)c2ccc(-c3ccc4c(c3)N(C)c3cc(-c5ccc6c(c5)N(C)c5ccccc5C65c6ccccc6-c6ccccc65)ccc3C4(c3ccccc3)c3ccccc3)cc21. The fourth-order valence-corrected chi connectivity index (χ4v) is 13.6. The second kappa shape index (κ2) is 15.1. The van der Waals surface area contributed by atoms with Gasteiger partial charge in [0.25, 0.3) is 0 Å². The van der Waals surface area contributed by atoms with E-state index in [1.807, 2.05) is 0 Å². The van der Waals surface area contributed by atoms with Crippen LogP contribution < -0.4 is 14.7 Å². The van der Waals surface area contributed by atoms with Crippen molar-refractivity contribution in [1.29, 1.82) is 0 Å². The summed E-state index contributed by atoms with van der Waals surface area (Å²) in [6, 6.07) is 87.1. The molecule has 4 aliphatic rings. The summed E-state index contributed by atoms with van der Waals surface area (Å²) in [5.41, 5.74) is 26.6. The number of anilines is 6. The van der Waals surface area contributed by atoms with Crippen LogP contribution in [0.1, 0.15) is 69.5 Å². The minimum atomic E-state index is -0.587. The Labute approximate surface area is 417 Å². The zero-order valence-electron chi connectivity index (χ0n) is 40.8. The highest BCUT2D eigenvalue weighted by Gasteiger charge is 2.51. The second-order valence-corrected chi connectivity index (χ2v) is 20.6. The van der Waals surface area contributed by atoms with Crippen molar-refractivity contribution < 1.29 is 0 Å². The van der Waals surface area contributed by atoms with Crippen LogP contribution in [0.4, 0.5) is 34.1 Å². The molecule has 0 radical (unpaired) electrons. The number of para-hydroxylation sites is 2. The Kier molecular flexibility index (Phi) is 8.81.